The van der Waals surface area contributed by atoms with Crippen LogP contribution < -0.4 is 0 Å². The molecule has 7 nitrogen and oxygen atoms in total. The molecule has 0 spiro atoms. The summed E-state index contributed by atoms with van der Waals surface area (Å²) < 4.78 is 4.91. The Balaban J connectivity index is 0.000000146. The van der Waals surface area contributed by atoms with Gasteiger partial charge < -0.3 is 0 Å². The minimum absolute atomic E-state index is 0.791. The van der Waals surface area contributed by atoms with E-state index < -0.39 is 0 Å². The van der Waals surface area contributed by atoms with Gasteiger partial charge in [0.15, 0.2) is 0 Å². The highest BCUT2D eigenvalue weighted by Gasteiger charge is 1.98. The van der Waals surface area contributed by atoms with Crippen molar-refractivity contribution in [3.63, 3.8) is 0 Å². The van der Waals surface area contributed by atoms with E-state index >= 15 is 0 Å². The average Bonchev–Trinajstić information content (AvgIpc) is 3.59. The second kappa shape index (κ2) is 14.1. The van der Waals surface area contributed by atoms with Crippen molar-refractivity contribution in [3.05, 3.63) is 118 Å². The van der Waals surface area contributed by atoms with E-state index in [0.29, 0.717) is 0 Å². The van der Waals surface area contributed by atoms with Crippen molar-refractivity contribution < 1.29 is 0 Å². The Bertz CT molecular complexity index is 1560. The predicted octanol–water partition coefficient (Wildman–Crippen LogP) is 7.22. The molecule has 2 aromatic carbocycles. The summed E-state index contributed by atoms with van der Waals surface area (Å²) in [5.41, 5.74) is 8.13. The van der Waals surface area contributed by atoms with Crippen LogP contribution in [0.2, 0.25) is 0 Å². The SMILES string of the molecule is Cc1cc(C)n(C)n1.Cc1ccc2sc(C)nc2c1.Cc1cccnc1C.Cc1ncn(-c2ccccc2)n1. The van der Waals surface area contributed by atoms with Crippen LogP contribution in [0.4, 0.5) is 0 Å². The fourth-order valence-electron chi connectivity index (χ4n) is 3.51. The molecule has 4 aromatic heterocycles. The van der Waals surface area contributed by atoms with E-state index in [0.717, 1.165) is 33.4 Å². The molecule has 0 N–H and O–H groups in total. The molecule has 0 atom stereocenters. The highest BCUT2D eigenvalue weighted by molar-refractivity contribution is 7.18. The molecule has 0 unspecified atom stereocenters. The normalized spacial score (nSPS) is 10.1. The van der Waals surface area contributed by atoms with Gasteiger partial charge in [0.25, 0.3) is 0 Å². The Hall–Kier alpha value is -4.17. The van der Waals surface area contributed by atoms with Gasteiger partial charge in [0.2, 0.25) is 0 Å². The van der Waals surface area contributed by atoms with Gasteiger partial charge in [-0.2, -0.15) is 10.2 Å². The highest BCUT2D eigenvalue weighted by atomic mass is 32.1. The second-order valence-corrected chi connectivity index (χ2v) is 10.5. The van der Waals surface area contributed by atoms with Crippen molar-refractivity contribution in [2.45, 2.75) is 48.5 Å². The zero-order valence-electron chi connectivity index (χ0n) is 24.0. The third-order valence-electron chi connectivity index (χ3n) is 5.78. The molecule has 0 bridgehead atoms. The first kappa shape index (κ1) is 29.4. The lowest BCUT2D eigenvalue weighted by atomic mass is 10.2. The van der Waals surface area contributed by atoms with E-state index in [4.69, 9.17) is 0 Å². The van der Waals surface area contributed by atoms with Crippen molar-refractivity contribution in [1.82, 2.24) is 34.5 Å². The molecule has 0 aliphatic carbocycles. The van der Waals surface area contributed by atoms with Crippen LogP contribution in [-0.2, 0) is 7.05 Å². The molecule has 0 saturated heterocycles. The van der Waals surface area contributed by atoms with Gasteiger partial charge >= 0.3 is 0 Å². The molecule has 202 valence electrons. The number of pyridine rings is 1. The first-order valence-corrected chi connectivity index (χ1v) is 13.6. The topological polar surface area (TPSA) is 74.3 Å². The zero-order valence-corrected chi connectivity index (χ0v) is 24.9. The van der Waals surface area contributed by atoms with Crippen LogP contribution in [0.5, 0.6) is 0 Å². The van der Waals surface area contributed by atoms with Gasteiger partial charge in [-0.05, 0) is 96.0 Å². The molecular formula is C31H37N7S. The van der Waals surface area contributed by atoms with Crippen LogP contribution in [0.1, 0.15) is 39.0 Å². The summed E-state index contributed by atoms with van der Waals surface area (Å²) in [5, 5.41) is 9.46. The fraction of sp³-hybridized carbons (Fsp3) is 0.258. The van der Waals surface area contributed by atoms with Crippen LogP contribution in [0.25, 0.3) is 15.9 Å². The number of thiazole rings is 1. The van der Waals surface area contributed by atoms with E-state index in [9.17, 15) is 0 Å². The first-order valence-electron chi connectivity index (χ1n) is 12.8. The number of benzene rings is 2. The van der Waals surface area contributed by atoms with E-state index in [2.05, 4.69) is 69.3 Å². The molecule has 0 aliphatic rings. The summed E-state index contributed by atoms with van der Waals surface area (Å²) in [4.78, 5) is 12.5. The van der Waals surface area contributed by atoms with Crippen molar-refractivity contribution >= 4 is 21.6 Å². The number of fused-ring (bicyclic) bond motifs is 1. The highest BCUT2D eigenvalue weighted by Crippen LogP contribution is 2.21. The molecular weight excluding hydrogens is 502 g/mol. The number of aryl methyl sites for hydroxylation is 8. The summed E-state index contributed by atoms with van der Waals surface area (Å²) in [5.74, 6) is 0.791. The quantitative estimate of drug-likeness (QED) is 0.220. The Morgan fingerprint density at radius 1 is 0.744 bits per heavy atom. The maximum Gasteiger partial charge on any atom is 0.147 e. The minimum atomic E-state index is 0.791. The van der Waals surface area contributed by atoms with Gasteiger partial charge in [-0.15, -0.1) is 11.3 Å². The van der Waals surface area contributed by atoms with Gasteiger partial charge in [-0.25, -0.2) is 14.6 Å². The molecule has 6 aromatic rings. The van der Waals surface area contributed by atoms with Gasteiger partial charge in [0.1, 0.15) is 12.2 Å². The Kier molecular flexibility index (Phi) is 10.6. The summed E-state index contributed by atoms with van der Waals surface area (Å²) in [6.45, 7) is 14.1. The number of nitrogens with zero attached hydrogens (tertiary/aromatic N) is 7. The van der Waals surface area contributed by atoms with E-state index in [-0.39, 0.29) is 0 Å². The summed E-state index contributed by atoms with van der Waals surface area (Å²) >= 11 is 1.75. The standard InChI is InChI=1S/C9H9N3.C9H9NS.C7H9N.C6H10N2/c1-8-10-7-12(11-8)9-5-3-2-4-6-9;1-6-3-4-9-8(5-6)10-7(2)11-9;1-6-4-3-5-8-7(6)2;1-5-4-6(2)8(3)7-5/h2-7H,1H3;3-5H,1-2H3;3-5H,1-2H3;4H,1-3H3. The van der Waals surface area contributed by atoms with Crippen LogP contribution in [-0.4, -0.2) is 34.5 Å². The number of hydrogen-bond donors (Lipinski definition) is 0. The molecule has 0 amide bonds. The zero-order chi connectivity index (χ0) is 28.4. The molecule has 0 aliphatic heterocycles. The molecule has 39 heavy (non-hydrogen) atoms. The smallest absolute Gasteiger partial charge is 0.147 e. The average molecular weight is 540 g/mol. The van der Waals surface area contributed by atoms with E-state index in [1.165, 1.54) is 21.5 Å². The van der Waals surface area contributed by atoms with Gasteiger partial charge in [0, 0.05) is 24.6 Å². The molecule has 6 rings (SSSR count). The maximum absolute atomic E-state index is 4.39. The van der Waals surface area contributed by atoms with E-state index in [1.807, 2.05) is 88.9 Å². The number of aromatic nitrogens is 7. The number of hydrogen-bond acceptors (Lipinski definition) is 6. The van der Waals surface area contributed by atoms with Crippen molar-refractivity contribution in [2.75, 3.05) is 0 Å². The van der Waals surface area contributed by atoms with Gasteiger partial charge in [0.05, 0.1) is 26.6 Å². The largest absolute Gasteiger partial charge is 0.273 e. The Labute approximate surface area is 235 Å². The second-order valence-electron chi connectivity index (χ2n) is 9.23. The molecule has 0 radical (unpaired) electrons. The monoisotopic (exact) mass is 539 g/mol. The lowest BCUT2D eigenvalue weighted by Gasteiger charge is -1.96. The Morgan fingerprint density at radius 2 is 1.49 bits per heavy atom. The lowest BCUT2D eigenvalue weighted by molar-refractivity contribution is 0.731. The molecule has 8 heteroatoms. The molecule has 0 saturated carbocycles. The number of rotatable bonds is 1. The van der Waals surface area contributed by atoms with Crippen LogP contribution >= 0.6 is 11.3 Å². The summed E-state index contributed by atoms with van der Waals surface area (Å²) in [7, 11) is 1.95. The van der Waals surface area contributed by atoms with Gasteiger partial charge in [-0.1, -0.05) is 30.3 Å². The molecule has 4 heterocycles. The maximum atomic E-state index is 4.39. The third kappa shape index (κ3) is 9.26. The minimum Gasteiger partial charge on any atom is -0.273 e. The van der Waals surface area contributed by atoms with Crippen molar-refractivity contribution in [2.24, 2.45) is 7.05 Å². The fourth-order valence-corrected chi connectivity index (χ4v) is 4.32. The summed E-state index contributed by atoms with van der Waals surface area (Å²) in [6.07, 6.45) is 3.52. The number of para-hydroxylation sites is 1. The van der Waals surface area contributed by atoms with Crippen molar-refractivity contribution in [3.8, 4) is 5.69 Å². The third-order valence-corrected chi connectivity index (χ3v) is 6.74. The Morgan fingerprint density at radius 3 is 2.00 bits per heavy atom. The van der Waals surface area contributed by atoms with Crippen LogP contribution in [0.3, 0.4) is 0 Å². The molecule has 0 fully saturated rings. The van der Waals surface area contributed by atoms with Crippen LogP contribution in [0.15, 0.2) is 79.3 Å². The lowest BCUT2D eigenvalue weighted by Crippen LogP contribution is -1.93. The summed E-state index contributed by atoms with van der Waals surface area (Å²) in [6, 6.07) is 22.4. The van der Waals surface area contributed by atoms with E-state index in [1.54, 1.807) is 22.3 Å². The first-order chi connectivity index (χ1) is 18.6. The van der Waals surface area contributed by atoms with Crippen molar-refractivity contribution in [1.29, 1.82) is 0 Å². The van der Waals surface area contributed by atoms with Gasteiger partial charge in [-0.3, -0.25) is 9.67 Å². The predicted molar refractivity (Wildman–Crippen MR) is 162 cm³/mol. The van der Waals surface area contributed by atoms with Crippen LogP contribution in [0, 0.1) is 48.5 Å².